The van der Waals surface area contributed by atoms with Crippen LogP contribution in [-0.2, 0) is 9.59 Å². The fourth-order valence-corrected chi connectivity index (χ4v) is 4.14. The lowest BCUT2D eigenvalue weighted by Crippen LogP contribution is -2.44. The minimum atomic E-state index is -0.795. The third kappa shape index (κ3) is 4.46. The Morgan fingerprint density at radius 1 is 1.00 bits per heavy atom. The van der Waals surface area contributed by atoms with Crippen LogP contribution in [0.1, 0.15) is 42.5 Å². The van der Waals surface area contributed by atoms with E-state index in [0.717, 1.165) is 17.7 Å². The van der Waals surface area contributed by atoms with Crippen LogP contribution in [-0.4, -0.2) is 40.7 Å². The summed E-state index contributed by atoms with van der Waals surface area (Å²) in [4.78, 5) is 50.8. The Morgan fingerprint density at radius 3 is 2.41 bits per heavy atom. The molecule has 2 aromatic rings. The average molecular weight is 438 g/mol. The minimum Gasteiger partial charge on any atom is -0.326 e. The summed E-state index contributed by atoms with van der Waals surface area (Å²) < 4.78 is 13.3. The van der Waals surface area contributed by atoms with Gasteiger partial charge in [0, 0.05) is 29.9 Å². The second kappa shape index (κ2) is 8.78. The first kappa shape index (κ1) is 21.5. The van der Waals surface area contributed by atoms with Crippen LogP contribution in [0.15, 0.2) is 48.5 Å². The predicted octanol–water partition coefficient (Wildman–Crippen LogP) is 3.27. The van der Waals surface area contributed by atoms with Crippen molar-refractivity contribution in [3.05, 3.63) is 59.9 Å². The first-order valence-corrected chi connectivity index (χ1v) is 10.5. The molecule has 2 aromatic carbocycles. The molecule has 1 spiro atoms. The van der Waals surface area contributed by atoms with Crippen molar-refractivity contribution in [2.45, 2.75) is 37.6 Å². The van der Waals surface area contributed by atoms with Gasteiger partial charge in [0.25, 0.3) is 11.8 Å². The highest BCUT2D eigenvalue weighted by Gasteiger charge is 2.52. The Labute approximate surface area is 184 Å². The average Bonchev–Trinajstić information content (AvgIpc) is 3.32. The van der Waals surface area contributed by atoms with E-state index in [-0.39, 0.29) is 30.3 Å². The molecule has 0 bridgehead atoms. The van der Waals surface area contributed by atoms with Crippen molar-refractivity contribution in [2.24, 2.45) is 0 Å². The molecule has 4 rings (SSSR count). The molecule has 0 atom stereocenters. The van der Waals surface area contributed by atoms with Crippen LogP contribution in [0.3, 0.4) is 0 Å². The summed E-state index contributed by atoms with van der Waals surface area (Å²) >= 11 is 0. The number of carbonyl (C=O) groups is 4. The normalized spacial score (nSPS) is 16.8. The standard InChI is InChI=1S/C23H23FN4O4/c24-16-6-4-8-18(14-16)26-20(30)15-5-3-7-17(13-15)25-19(29)9-12-28-21(31)23(27-22(28)32)10-1-2-11-23/h3-8,13-14H,1-2,9-12H2,(H,25,29)(H,26,30)(H,27,32). The van der Waals surface area contributed by atoms with E-state index in [0.29, 0.717) is 24.2 Å². The molecule has 1 aliphatic heterocycles. The fraction of sp³-hybridized carbons (Fsp3) is 0.304. The first-order chi connectivity index (χ1) is 15.4. The third-order valence-electron chi connectivity index (χ3n) is 5.76. The lowest BCUT2D eigenvalue weighted by Gasteiger charge is -2.19. The number of imide groups is 1. The van der Waals surface area contributed by atoms with E-state index in [4.69, 9.17) is 0 Å². The van der Waals surface area contributed by atoms with Crippen LogP contribution < -0.4 is 16.0 Å². The van der Waals surface area contributed by atoms with E-state index < -0.39 is 23.3 Å². The van der Waals surface area contributed by atoms with Crippen molar-refractivity contribution >= 4 is 35.1 Å². The maximum Gasteiger partial charge on any atom is 0.325 e. The summed E-state index contributed by atoms with van der Waals surface area (Å²) in [5.74, 6) is -1.56. The molecule has 1 saturated carbocycles. The zero-order valence-corrected chi connectivity index (χ0v) is 17.3. The molecule has 1 saturated heterocycles. The van der Waals surface area contributed by atoms with E-state index in [1.807, 2.05) is 0 Å². The van der Waals surface area contributed by atoms with E-state index >= 15 is 0 Å². The van der Waals surface area contributed by atoms with Crippen LogP contribution >= 0.6 is 0 Å². The molecular weight excluding hydrogens is 415 g/mol. The number of hydrogen-bond donors (Lipinski definition) is 3. The number of halogens is 1. The zero-order valence-electron chi connectivity index (χ0n) is 17.3. The smallest absolute Gasteiger partial charge is 0.325 e. The molecule has 166 valence electrons. The number of rotatable bonds is 6. The summed E-state index contributed by atoms with van der Waals surface area (Å²) in [5, 5.41) is 8.05. The Morgan fingerprint density at radius 2 is 1.69 bits per heavy atom. The van der Waals surface area contributed by atoms with Gasteiger partial charge in [0.1, 0.15) is 11.4 Å². The number of amides is 5. The van der Waals surface area contributed by atoms with Gasteiger partial charge in [0.2, 0.25) is 5.91 Å². The van der Waals surface area contributed by atoms with Gasteiger partial charge in [-0.2, -0.15) is 0 Å². The van der Waals surface area contributed by atoms with E-state index in [1.54, 1.807) is 24.3 Å². The number of nitrogens with zero attached hydrogens (tertiary/aromatic N) is 1. The van der Waals surface area contributed by atoms with Gasteiger partial charge >= 0.3 is 6.03 Å². The van der Waals surface area contributed by atoms with Crippen molar-refractivity contribution in [3.63, 3.8) is 0 Å². The number of carbonyl (C=O) groups excluding carboxylic acids is 4. The largest absolute Gasteiger partial charge is 0.326 e. The van der Waals surface area contributed by atoms with Crippen LogP contribution in [0, 0.1) is 5.82 Å². The number of hydrogen-bond acceptors (Lipinski definition) is 4. The van der Waals surface area contributed by atoms with Crippen molar-refractivity contribution in [1.82, 2.24) is 10.2 Å². The molecule has 32 heavy (non-hydrogen) atoms. The van der Waals surface area contributed by atoms with Gasteiger partial charge in [-0.3, -0.25) is 19.3 Å². The SMILES string of the molecule is O=C(CCN1C(=O)NC2(CCCC2)C1=O)Nc1cccc(C(=O)Nc2cccc(F)c2)c1. The van der Waals surface area contributed by atoms with Crippen LogP contribution in [0.5, 0.6) is 0 Å². The van der Waals surface area contributed by atoms with Gasteiger partial charge in [-0.1, -0.05) is 25.0 Å². The Bertz CT molecular complexity index is 1080. The number of anilines is 2. The van der Waals surface area contributed by atoms with E-state index in [1.165, 1.54) is 24.3 Å². The summed E-state index contributed by atoms with van der Waals surface area (Å²) in [7, 11) is 0. The maximum absolute atomic E-state index is 13.3. The van der Waals surface area contributed by atoms with Gasteiger partial charge in [-0.25, -0.2) is 9.18 Å². The zero-order chi connectivity index (χ0) is 22.7. The number of urea groups is 1. The Kier molecular flexibility index (Phi) is 5.89. The minimum absolute atomic E-state index is 0.0159. The topological polar surface area (TPSA) is 108 Å². The van der Waals surface area contributed by atoms with E-state index in [2.05, 4.69) is 16.0 Å². The summed E-state index contributed by atoms with van der Waals surface area (Å²) in [5.41, 5.74) is 0.199. The quantitative estimate of drug-likeness (QED) is 0.602. The highest BCUT2D eigenvalue weighted by molar-refractivity contribution is 6.08. The van der Waals surface area contributed by atoms with Gasteiger partial charge in [-0.05, 0) is 49.2 Å². The van der Waals surface area contributed by atoms with Gasteiger partial charge in [-0.15, -0.1) is 0 Å². The third-order valence-corrected chi connectivity index (χ3v) is 5.76. The molecule has 2 fully saturated rings. The van der Waals surface area contributed by atoms with Crippen molar-refractivity contribution in [2.75, 3.05) is 17.2 Å². The van der Waals surface area contributed by atoms with Gasteiger partial charge < -0.3 is 16.0 Å². The molecule has 8 nitrogen and oxygen atoms in total. The molecular formula is C23H23FN4O4. The summed E-state index contributed by atoms with van der Waals surface area (Å²) in [6.45, 7) is -0.0159. The Hall–Kier alpha value is -3.75. The predicted molar refractivity (Wildman–Crippen MR) is 115 cm³/mol. The molecule has 3 N–H and O–H groups in total. The summed E-state index contributed by atoms with van der Waals surface area (Å²) in [6, 6.07) is 11.4. The van der Waals surface area contributed by atoms with Crippen molar-refractivity contribution in [1.29, 1.82) is 0 Å². The first-order valence-electron chi connectivity index (χ1n) is 10.5. The molecule has 0 radical (unpaired) electrons. The lowest BCUT2D eigenvalue weighted by molar-refractivity contribution is -0.131. The van der Waals surface area contributed by atoms with Crippen LogP contribution in [0.4, 0.5) is 20.6 Å². The molecule has 1 heterocycles. The number of benzene rings is 2. The second-order valence-corrected chi connectivity index (χ2v) is 8.02. The monoisotopic (exact) mass is 438 g/mol. The van der Waals surface area contributed by atoms with Crippen LogP contribution in [0.25, 0.3) is 0 Å². The molecule has 2 aliphatic rings. The Balaban J connectivity index is 1.33. The molecule has 0 unspecified atom stereocenters. The maximum atomic E-state index is 13.3. The molecule has 5 amide bonds. The van der Waals surface area contributed by atoms with Gasteiger partial charge in [0.15, 0.2) is 0 Å². The number of nitrogens with one attached hydrogen (secondary N) is 3. The highest BCUT2D eigenvalue weighted by Crippen LogP contribution is 2.35. The molecule has 9 heteroatoms. The highest BCUT2D eigenvalue weighted by atomic mass is 19.1. The van der Waals surface area contributed by atoms with Gasteiger partial charge in [0.05, 0.1) is 0 Å². The van der Waals surface area contributed by atoms with Crippen molar-refractivity contribution in [3.8, 4) is 0 Å². The van der Waals surface area contributed by atoms with Crippen molar-refractivity contribution < 1.29 is 23.6 Å². The molecule has 0 aromatic heterocycles. The van der Waals surface area contributed by atoms with E-state index in [9.17, 15) is 23.6 Å². The fourth-order valence-electron chi connectivity index (χ4n) is 4.14. The summed E-state index contributed by atoms with van der Waals surface area (Å²) in [6.07, 6.45) is 2.98. The van der Waals surface area contributed by atoms with Crippen LogP contribution in [0.2, 0.25) is 0 Å². The molecule has 1 aliphatic carbocycles. The second-order valence-electron chi connectivity index (χ2n) is 8.02. The lowest BCUT2D eigenvalue weighted by atomic mass is 9.98.